The van der Waals surface area contributed by atoms with E-state index in [1.54, 1.807) is 24.0 Å². The Kier molecular flexibility index (Phi) is 3.68. The number of hydrogen-bond acceptors (Lipinski definition) is 4. The molecule has 0 aliphatic heterocycles. The second-order valence-electron chi connectivity index (χ2n) is 4.83. The fourth-order valence-corrected chi connectivity index (χ4v) is 1.91. The Morgan fingerprint density at radius 3 is 2.79 bits per heavy atom. The highest BCUT2D eigenvalue weighted by atomic mass is 16.4. The van der Waals surface area contributed by atoms with Gasteiger partial charge in [0.2, 0.25) is 0 Å². The molecule has 0 radical (unpaired) electrons. The summed E-state index contributed by atoms with van der Waals surface area (Å²) in [6, 6.07) is -0.475. The van der Waals surface area contributed by atoms with Crippen molar-refractivity contribution >= 4 is 12.0 Å². The molecule has 1 aliphatic rings. The van der Waals surface area contributed by atoms with Crippen LogP contribution < -0.4 is 10.6 Å². The van der Waals surface area contributed by atoms with E-state index in [1.807, 2.05) is 0 Å². The van der Waals surface area contributed by atoms with Crippen molar-refractivity contribution in [3.63, 3.8) is 0 Å². The van der Waals surface area contributed by atoms with Crippen LogP contribution in [0.15, 0.2) is 12.4 Å². The number of nitrogens with zero attached hydrogens (tertiary/aromatic N) is 3. The summed E-state index contributed by atoms with van der Waals surface area (Å²) < 4.78 is 1.58. The highest BCUT2D eigenvalue weighted by Crippen LogP contribution is 2.39. The van der Waals surface area contributed by atoms with Crippen molar-refractivity contribution in [1.82, 2.24) is 25.6 Å². The summed E-state index contributed by atoms with van der Waals surface area (Å²) in [4.78, 5) is 22.9. The molecule has 2 rings (SSSR count). The number of amides is 2. The summed E-state index contributed by atoms with van der Waals surface area (Å²) in [5.41, 5.74) is -1.18. The summed E-state index contributed by atoms with van der Waals surface area (Å²) >= 11 is 0. The predicted molar refractivity (Wildman–Crippen MR) is 65.3 cm³/mol. The number of aliphatic carboxylic acids is 1. The largest absolute Gasteiger partial charge is 0.480 e. The van der Waals surface area contributed by atoms with Gasteiger partial charge in [-0.2, -0.15) is 0 Å². The Balaban J connectivity index is 1.78. The lowest BCUT2D eigenvalue weighted by atomic mass is 9.96. The molecule has 8 nitrogen and oxygen atoms in total. The smallest absolute Gasteiger partial charge is 0.329 e. The molecule has 2 amide bonds. The van der Waals surface area contributed by atoms with Gasteiger partial charge in [0.05, 0.1) is 12.7 Å². The Bertz CT molecular complexity index is 457. The average Bonchev–Trinajstić information content (AvgIpc) is 3.08. The van der Waals surface area contributed by atoms with Gasteiger partial charge in [0.1, 0.15) is 5.54 Å². The van der Waals surface area contributed by atoms with Crippen molar-refractivity contribution in [2.45, 2.75) is 31.8 Å². The van der Waals surface area contributed by atoms with Crippen LogP contribution in [0.4, 0.5) is 4.79 Å². The molecule has 1 fully saturated rings. The first-order valence-electron chi connectivity index (χ1n) is 6.16. The Hall–Kier alpha value is -2.12. The molecule has 3 N–H and O–H groups in total. The number of aromatic nitrogens is 3. The molecule has 8 heteroatoms. The van der Waals surface area contributed by atoms with Crippen molar-refractivity contribution in [3.8, 4) is 0 Å². The second-order valence-corrected chi connectivity index (χ2v) is 4.83. The van der Waals surface area contributed by atoms with Gasteiger partial charge in [0.25, 0.3) is 0 Å². The molecular formula is C11H17N5O3. The molecule has 1 aliphatic carbocycles. The molecule has 0 saturated heterocycles. The van der Waals surface area contributed by atoms with Gasteiger partial charge in [-0.15, -0.1) is 5.10 Å². The number of carboxylic acids is 1. The highest BCUT2D eigenvalue weighted by molar-refractivity contribution is 5.86. The van der Waals surface area contributed by atoms with E-state index in [0.717, 1.165) is 12.8 Å². The monoisotopic (exact) mass is 267 g/mol. The lowest BCUT2D eigenvalue weighted by Gasteiger charge is -2.26. The van der Waals surface area contributed by atoms with Gasteiger partial charge in [-0.1, -0.05) is 5.21 Å². The number of carbonyl (C=O) groups is 2. The van der Waals surface area contributed by atoms with E-state index in [2.05, 4.69) is 20.9 Å². The van der Waals surface area contributed by atoms with Crippen LogP contribution in [0.2, 0.25) is 0 Å². The molecule has 1 aromatic heterocycles. The van der Waals surface area contributed by atoms with Gasteiger partial charge in [0.15, 0.2) is 0 Å². The minimum absolute atomic E-state index is 0.0195. The minimum atomic E-state index is -1.18. The van der Waals surface area contributed by atoms with Crippen LogP contribution in [-0.4, -0.2) is 44.2 Å². The van der Waals surface area contributed by atoms with E-state index in [4.69, 9.17) is 0 Å². The normalized spacial score (nSPS) is 17.5. The van der Waals surface area contributed by atoms with Crippen molar-refractivity contribution in [2.24, 2.45) is 5.92 Å². The zero-order chi connectivity index (χ0) is 13.9. The molecule has 1 atom stereocenters. The van der Waals surface area contributed by atoms with E-state index in [1.165, 1.54) is 0 Å². The number of carbonyl (C=O) groups excluding carboxylic acids is 1. The van der Waals surface area contributed by atoms with E-state index >= 15 is 0 Å². The summed E-state index contributed by atoms with van der Waals surface area (Å²) in [7, 11) is 0. The molecule has 1 aromatic rings. The lowest BCUT2D eigenvalue weighted by Crippen LogP contribution is -2.57. The zero-order valence-electron chi connectivity index (χ0n) is 10.7. The first-order chi connectivity index (χ1) is 9.02. The second kappa shape index (κ2) is 5.25. The molecule has 0 aromatic carbocycles. The van der Waals surface area contributed by atoms with Crippen molar-refractivity contribution < 1.29 is 14.7 Å². The van der Waals surface area contributed by atoms with Crippen LogP contribution in [0.3, 0.4) is 0 Å². The Labute approximate surface area is 110 Å². The lowest BCUT2D eigenvalue weighted by molar-refractivity contribution is -0.144. The number of carboxylic acid groups (broad SMARTS) is 1. The molecule has 1 unspecified atom stereocenters. The van der Waals surface area contributed by atoms with E-state index in [0.29, 0.717) is 13.1 Å². The fourth-order valence-electron chi connectivity index (χ4n) is 1.91. The maximum atomic E-state index is 11.7. The Morgan fingerprint density at radius 2 is 2.26 bits per heavy atom. The third kappa shape index (κ3) is 3.21. The topological polar surface area (TPSA) is 109 Å². The van der Waals surface area contributed by atoms with Crippen LogP contribution in [0, 0.1) is 5.92 Å². The minimum Gasteiger partial charge on any atom is -0.480 e. The molecule has 1 heterocycles. The first kappa shape index (κ1) is 13.3. The highest BCUT2D eigenvalue weighted by Gasteiger charge is 2.48. The van der Waals surface area contributed by atoms with Crippen molar-refractivity contribution in [2.75, 3.05) is 6.54 Å². The van der Waals surface area contributed by atoms with E-state index < -0.39 is 17.5 Å². The number of hydrogen-bond donors (Lipinski definition) is 3. The van der Waals surface area contributed by atoms with E-state index in [9.17, 15) is 14.7 Å². The van der Waals surface area contributed by atoms with E-state index in [-0.39, 0.29) is 5.92 Å². The molecular weight excluding hydrogens is 250 g/mol. The SMILES string of the molecule is CC(NC(=O)NCCn1ccnn1)(C(=O)O)C1CC1. The maximum Gasteiger partial charge on any atom is 0.329 e. The van der Waals surface area contributed by atoms with Crippen LogP contribution in [-0.2, 0) is 11.3 Å². The molecule has 0 spiro atoms. The summed E-state index contributed by atoms with van der Waals surface area (Å²) in [5.74, 6) is -0.979. The van der Waals surface area contributed by atoms with Gasteiger partial charge in [0, 0.05) is 12.7 Å². The van der Waals surface area contributed by atoms with Crippen LogP contribution >= 0.6 is 0 Å². The summed E-state index contributed by atoms with van der Waals surface area (Å²) in [6.07, 6.45) is 4.91. The molecule has 19 heavy (non-hydrogen) atoms. The van der Waals surface area contributed by atoms with Crippen molar-refractivity contribution in [1.29, 1.82) is 0 Å². The van der Waals surface area contributed by atoms with Crippen LogP contribution in [0.5, 0.6) is 0 Å². The standard InChI is InChI=1S/C11H17N5O3/c1-11(9(17)18,8-2-3-8)14-10(19)12-4-6-16-7-5-13-15-16/h5,7-8H,2-4,6H2,1H3,(H,17,18)(H2,12,14,19). The van der Waals surface area contributed by atoms with Crippen LogP contribution in [0.1, 0.15) is 19.8 Å². The molecule has 104 valence electrons. The first-order valence-corrected chi connectivity index (χ1v) is 6.16. The fraction of sp³-hybridized carbons (Fsp3) is 0.636. The molecule has 1 saturated carbocycles. The number of urea groups is 1. The quantitative estimate of drug-likeness (QED) is 0.663. The Morgan fingerprint density at radius 1 is 1.53 bits per heavy atom. The van der Waals surface area contributed by atoms with Gasteiger partial charge in [-0.3, -0.25) is 4.68 Å². The van der Waals surface area contributed by atoms with Gasteiger partial charge in [-0.25, -0.2) is 9.59 Å². The van der Waals surface area contributed by atoms with Crippen molar-refractivity contribution in [3.05, 3.63) is 12.4 Å². The number of nitrogens with one attached hydrogen (secondary N) is 2. The average molecular weight is 267 g/mol. The number of rotatable bonds is 6. The predicted octanol–water partition coefficient (Wildman–Crippen LogP) is -0.169. The molecule has 0 bridgehead atoms. The third-order valence-corrected chi connectivity index (χ3v) is 3.31. The van der Waals surface area contributed by atoms with Gasteiger partial charge in [-0.05, 0) is 25.7 Å². The van der Waals surface area contributed by atoms with Gasteiger partial charge >= 0.3 is 12.0 Å². The van der Waals surface area contributed by atoms with Crippen LogP contribution in [0.25, 0.3) is 0 Å². The third-order valence-electron chi connectivity index (χ3n) is 3.31. The maximum absolute atomic E-state index is 11.7. The summed E-state index contributed by atoms with van der Waals surface area (Å²) in [6.45, 7) is 2.39. The van der Waals surface area contributed by atoms with Gasteiger partial charge < -0.3 is 15.7 Å². The summed E-state index contributed by atoms with van der Waals surface area (Å²) in [5, 5.41) is 21.8. The zero-order valence-corrected chi connectivity index (χ0v) is 10.7.